The molecule has 1 heterocycles. The van der Waals surface area contributed by atoms with E-state index in [2.05, 4.69) is 18.2 Å². The van der Waals surface area contributed by atoms with Gasteiger partial charge in [0.05, 0.1) is 22.4 Å². The number of aryl methyl sites for hydroxylation is 1. The highest BCUT2D eigenvalue weighted by molar-refractivity contribution is 5.87. The first-order chi connectivity index (χ1) is 14.6. The van der Waals surface area contributed by atoms with E-state index in [-0.39, 0.29) is 0 Å². The summed E-state index contributed by atoms with van der Waals surface area (Å²) in [6, 6.07) is 32.0. The third kappa shape index (κ3) is 3.14. The molecule has 1 unspecified atom stereocenters. The maximum absolute atomic E-state index is 12.2. The van der Waals surface area contributed by atoms with Gasteiger partial charge in [0.1, 0.15) is 5.60 Å². The number of fused-ring (bicyclic) bond motifs is 2. The number of aromatic nitrogens is 2. The van der Waals surface area contributed by atoms with Crippen molar-refractivity contribution < 1.29 is 5.11 Å². The first kappa shape index (κ1) is 18.5. The van der Waals surface area contributed by atoms with Crippen LogP contribution in [0.4, 0.5) is 0 Å². The average Bonchev–Trinajstić information content (AvgIpc) is 2.79. The molecule has 0 amide bonds. The Labute approximate surface area is 175 Å². The molecule has 3 heteroatoms. The van der Waals surface area contributed by atoms with Crippen molar-refractivity contribution in [3.63, 3.8) is 0 Å². The van der Waals surface area contributed by atoms with Crippen molar-refractivity contribution in [2.75, 3.05) is 0 Å². The number of aliphatic hydroxyl groups is 1. The Kier molecular flexibility index (Phi) is 4.53. The Morgan fingerprint density at radius 2 is 1.33 bits per heavy atom. The van der Waals surface area contributed by atoms with Crippen LogP contribution in [0.25, 0.3) is 21.8 Å². The minimum Gasteiger partial charge on any atom is -0.380 e. The van der Waals surface area contributed by atoms with Gasteiger partial charge < -0.3 is 5.11 Å². The number of hydrogen-bond donors (Lipinski definition) is 1. The molecule has 1 N–H and O–H groups in total. The normalized spacial score (nSPS) is 13.4. The van der Waals surface area contributed by atoms with E-state index in [1.165, 1.54) is 0 Å². The maximum Gasteiger partial charge on any atom is 0.121 e. The topological polar surface area (TPSA) is 46.0 Å². The first-order valence-electron chi connectivity index (χ1n) is 10.1. The zero-order chi connectivity index (χ0) is 20.6. The van der Waals surface area contributed by atoms with Crippen LogP contribution in [0.15, 0.2) is 97.1 Å². The average molecular weight is 390 g/mol. The number of hydrogen-bond acceptors (Lipinski definition) is 3. The van der Waals surface area contributed by atoms with Gasteiger partial charge in [0.25, 0.3) is 0 Å². The molecule has 0 fully saturated rings. The van der Waals surface area contributed by atoms with Gasteiger partial charge in [-0.3, -0.25) is 0 Å². The SMILES string of the molecule is Cc1nc2ccccc2nc1CC(O)(c1ccccc1)c1cccc2ccccc12. The lowest BCUT2D eigenvalue weighted by Crippen LogP contribution is -2.31. The molecular formula is C27H22N2O. The van der Waals surface area contributed by atoms with Crippen LogP contribution < -0.4 is 0 Å². The number of rotatable bonds is 4. The molecule has 0 radical (unpaired) electrons. The van der Waals surface area contributed by atoms with Gasteiger partial charge in [-0.15, -0.1) is 0 Å². The lowest BCUT2D eigenvalue weighted by molar-refractivity contribution is 0.0814. The van der Waals surface area contributed by atoms with Crippen LogP contribution in [0.5, 0.6) is 0 Å². The predicted octanol–water partition coefficient (Wildman–Crippen LogP) is 5.57. The molecule has 0 saturated heterocycles. The Bertz CT molecular complexity index is 1340. The molecule has 0 saturated carbocycles. The van der Waals surface area contributed by atoms with Crippen molar-refractivity contribution in [2.24, 2.45) is 0 Å². The Hall–Kier alpha value is -3.56. The van der Waals surface area contributed by atoms with Crippen LogP contribution in [0.1, 0.15) is 22.5 Å². The lowest BCUT2D eigenvalue weighted by atomic mass is 9.80. The van der Waals surface area contributed by atoms with Crippen LogP contribution in [0, 0.1) is 6.92 Å². The van der Waals surface area contributed by atoms with Gasteiger partial charge in [0.15, 0.2) is 0 Å². The van der Waals surface area contributed by atoms with Crippen molar-refractivity contribution in [2.45, 2.75) is 18.9 Å². The van der Waals surface area contributed by atoms with Gasteiger partial charge >= 0.3 is 0 Å². The van der Waals surface area contributed by atoms with Gasteiger partial charge in [-0.05, 0) is 41.0 Å². The predicted molar refractivity (Wildman–Crippen MR) is 121 cm³/mol. The molecule has 5 aromatic rings. The van der Waals surface area contributed by atoms with Crippen LogP contribution in [0.3, 0.4) is 0 Å². The van der Waals surface area contributed by atoms with Crippen molar-refractivity contribution >= 4 is 21.8 Å². The zero-order valence-corrected chi connectivity index (χ0v) is 16.8. The summed E-state index contributed by atoms with van der Waals surface area (Å²) in [7, 11) is 0. The minimum absolute atomic E-state index is 0.342. The van der Waals surface area contributed by atoms with Crippen LogP contribution >= 0.6 is 0 Å². The molecule has 0 aliphatic rings. The summed E-state index contributed by atoms with van der Waals surface area (Å²) in [5.41, 5.74) is 3.83. The third-order valence-corrected chi connectivity index (χ3v) is 5.75. The van der Waals surface area contributed by atoms with E-state index in [1.807, 2.05) is 85.8 Å². The van der Waals surface area contributed by atoms with Crippen LogP contribution in [-0.4, -0.2) is 15.1 Å². The minimum atomic E-state index is -1.23. The molecule has 0 bridgehead atoms. The quantitative estimate of drug-likeness (QED) is 0.436. The monoisotopic (exact) mass is 390 g/mol. The summed E-state index contributed by atoms with van der Waals surface area (Å²) in [4.78, 5) is 9.60. The molecule has 0 spiro atoms. The molecule has 0 aliphatic heterocycles. The Morgan fingerprint density at radius 3 is 2.13 bits per heavy atom. The van der Waals surface area contributed by atoms with E-state index in [9.17, 15) is 5.11 Å². The van der Waals surface area contributed by atoms with Crippen molar-refractivity contribution in [3.05, 3.63) is 120 Å². The van der Waals surface area contributed by atoms with Gasteiger partial charge in [-0.2, -0.15) is 0 Å². The molecule has 3 nitrogen and oxygen atoms in total. The lowest BCUT2D eigenvalue weighted by Gasteiger charge is -2.31. The smallest absolute Gasteiger partial charge is 0.121 e. The first-order valence-corrected chi connectivity index (χ1v) is 10.1. The summed E-state index contributed by atoms with van der Waals surface area (Å²) in [6.07, 6.45) is 0.342. The second kappa shape index (κ2) is 7.36. The van der Waals surface area contributed by atoms with E-state index < -0.39 is 5.60 Å². The van der Waals surface area contributed by atoms with Crippen LogP contribution in [-0.2, 0) is 12.0 Å². The Balaban J connectivity index is 1.73. The summed E-state index contributed by atoms with van der Waals surface area (Å²) in [5, 5.41) is 14.4. The van der Waals surface area contributed by atoms with Crippen molar-refractivity contribution in [3.8, 4) is 0 Å². The summed E-state index contributed by atoms with van der Waals surface area (Å²) in [5.74, 6) is 0. The molecular weight excluding hydrogens is 368 g/mol. The van der Waals surface area contributed by atoms with Gasteiger partial charge in [0.2, 0.25) is 0 Å². The van der Waals surface area contributed by atoms with Crippen molar-refractivity contribution in [1.82, 2.24) is 9.97 Å². The summed E-state index contributed by atoms with van der Waals surface area (Å²) >= 11 is 0. The Morgan fingerprint density at radius 1 is 0.700 bits per heavy atom. The molecule has 4 aromatic carbocycles. The van der Waals surface area contributed by atoms with E-state index >= 15 is 0 Å². The second-order valence-corrected chi connectivity index (χ2v) is 7.67. The number of benzene rings is 4. The van der Waals surface area contributed by atoms with E-state index in [4.69, 9.17) is 9.97 Å². The fourth-order valence-corrected chi connectivity index (χ4v) is 4.19. The van der Waals surface area contributed by atoms with Gasteiger partial charge in [0, 0.05) is 6.42 Å². The van der Waals surface area contributed by atoms with Crippen LogP contribution in [0.2, 0.25) is 0 Å². The number of nitrogens with zero attached hydrogens (tertiary/aromatic N) is 2. The fraction of sp³-hybridized carbons (Fsp3) is 0.111. The summed E-state index contributed by atoms with van der Waals surface area (Å²) in [6.45, 7) is 1.96. The summed E-state index contributed by atoms with van der Waals surface area (Å²) < 4.78 is 0. The molecule has 1 aromatic heterocycles. The molecule has 5 rings (SSSR count). The highest BCUT2D eigenvalue weighted by Gasteiger charge is 2.34. The van der Waals surface area contributed by atoms with E-state index in [0.717, 1.165) is 44.3 Å². The molecule has 30 heavy (non-hydrogen) atoms. The highest BCUT2D eigenvalue weighted by atomic mass is 16.3. The highest BCUT2D eigenvalue weighted by Crippen LogP contribution is 2.37. The maximum atomic E-state index is 12.2. The van der Waals surface area contributed by atoms with E-state index in [1.54, 1.807) is 0 Å². The largest absolute Gasteiger partial charge is 0.380 e. The fourth-order valence-electron chi connectivity index (χ4n) is 4.19. The second-order valence-electron chi connectivity index (χ2n) is 7.67. The molecule has 146 valence electrons. The number of para-hydroxylation sites is 2. The van der Waals surface area contributed by atoms with E-state index in [0.29, 0.717) is 6.42 Å². The molecule has 1 atom stereocenters. The van der Waals surface area contributed by atoms with Gasteiger partial charge in [-0.1, -0.05) is 84.9 Å². The third-order valence-electron chi connectivity index (χ3n) is 5.75. The molecule has 0 aliphatic carbocycles. The zero-order valence-electron chi connectivity index (χ0n) is 16.8. The van der Waals surface area contributed by atoms with Gasteiger partial charge in [-0.25, -0.2) is 9.97 Å². The van der Waals surface area contributed by atoms with Crippen molar-refractivity contribution in [1.29, 1.82) is 0 Å². The standard InChI is InChI=1S/C27H22N2O/c1-19-26(29-25-17-8-7-16-24(25)28-19)18-27(30,21-12-3-2-4-13-21)23-15-9-11-20-10-5-6-14-22(20)23/h2-17,30H,18H2,1H3.